The second-order valence-corrected chi connectivity index (χ2v) is 7.33. The zero-order valence-corrected chi connectivity index (χ0v) is 16.4. The van der Waals surface area contributed by atoms with Gasteiger partial charge < -0.3 is 15.0 Å². The van der Waals surface area contributed by atoms with Crippen LogP contribution in [0.4, 0.5) is 5.69 Å². The summed E-state index contributed by atoms with van der Waals surface area (Å²) in [7, 11) is 0. The highest BCUT2D eigenvalue weighted by Gasteiger charge is 2.21. The van der Waals surface area contributed by atoms with Gasteiger partial charge in [0.2, 0.25) is 5.91 Å². The Kier molecular flexibility index (Phi) is 5.47. The summed E-state index contributed by atoms with van der Waals surface area (Å²) in [5.41, 5.74) is 1.92. The summed E-state index contributed by atoms with van der Waals surface area (Å²) in [4.78, 5) is 25.9. The second-order valence-electron chi connectivity index (χ2n) is 7.33. The minimum absolute atomic E-state index is 0.0556. The summed E-state index contributed by atoms with van der Waals surface area (Å²) in [5, 5.41) is 5.31. The maximum absolute atomic E-state index is 12.3. The number of benzene rings is 3. The van der Waals surface area contributed by atoms with E-state index in [1.165, 1.54) is 5.39 Å². The molecule has 29 heavy (non-hydrogen) atoms. The van der Waals surface area contributed by atoms with Gasteiger partial charge in [0, 0.05) is 18.7 Å². The van der Waals surface area contributed by atoms with Crippen molar-refractivity contribution < 1.29 is 14.3 Å². The average molecular weight is 388 g/mol. The fourth-order valence-electron chi connectivity index (χ4n) is 3.64. The lowest BCUT2D eigenvalue weighted by atomic mass is 10.0. The van der Waals surface area contributed by atoms with Gasteiger partial charge in [-0.05, 0) is 60.0 Å². The van der Waals surface area contributed by atoms with E-state index in [-0.39, 0.29) is 24.5 Å². The molecule has 5 heteroatoms. The number of nitrogens with one attached hydrogen (secondary N) is 1. The van der Waals surface area contributed by atoms with Crippen LogP contribution in [0.3, 0.4) is 0 Å². The van der Waals surface area contributed by atoms with Gasteiger partial charge in [-0.15, -0.1) is 0 Å². The van der Waals surface area contributed by atoms with E-state index in [0.29, 0.717) is 12.2 Å². The maximum Gasteiger partial charge on any atom is 0.258 e. The monoisotopic (exact) mass is 388 g/mol. The Morgan fingerprint density at radius 1 is 1.07 bits per heavy atom. The Morgan fingerprint density at radius 2 is 1.83 bits per heavy atom. The molecule has 4 rings (SSSR count). The summed E-state index contributed by atoms with van der Waals surface area (Å²) >= 11 is 0. The van der Waals surface area contributed by atoms with Crippen LogP contribution in [0.1, 0.15) is 31.4 Å². The third-order valence-electron chi connectivity index (χ3n) is 5.24. The Balaban J connectivity index is 1.31. The lowest BCUT2D eigenvalue weighted by Gasteiger charge is -2.17. The van der Waals surface area contributed by atoms with Crippen LogP contribution in [0, 0.1) is 0 Å². The second kappa shape index (κ2) is 8.35. The molecule has 1 heterocycles. The number of fused-ring (bicyclic) bond motifs is 1. The highest BCUT2D eigenvalue weighted by atomic mass is 16.5. The molecule has 1 aliphatic rings. The fraction of sp³-hybridized carbons (Fsp3) is 0.250. The quantitative estimate of drug-likeness (QED) is 0.688. The van der Waals surface area contributed by atoms with E-state index in [9.17, 15) is 9.59 Å². The molecule has 0 spiro atoms. The van der Waals surface area contributed by atoms with Crippen molar-refractivity contribution in [2.75, 3.05) is 18.1 Å². The molecule has 1 aliphatic heterocycles. The van der Waals surface area contributed by atoms with Gasteiger partial charge >= 0.3 is 0 Å². The molecule has 1 N–H and O–H groups in total. The lowest BCUT2D eigenvalue weighted by Crippen LogP contribution is -2.31. The fourth-order valence-corrected chi connectivity index (χ4v) is 3.64. The van der Waals surface area contributed by atoms with Crippen molar-refractivity contribution in [3.63, 3.8) is 0 Å². The molecular weight excluding hydrogens is 364 g/mol. The van der Waals surface area contributed by atoms with Crippen molar-refractivity contribution in [1.29, 1.82) is 0 Å². The highest BCUT2D eigenvalue weighted by molar-refractivity contribution is 5.95. The molecule has 1 fully saturated rings. The van der Waals surface area contributed by atoms with Gasteiger partial charge in [0.05, 0.1) is 6.04 Å². The van der Waals surface area contributed by atoms with Gasteiger partial charge in [-0.3, -0.25) is 9.59 Å². The molecule has 0 saturated carbocycles. The molecule has 148 valence electrons. The molecule has 0 aliphatic carbocycles. The topological polar surface area (TPSA) is 58.6 Å². The van der Waals surface area contributed by atoms with E-state index in [4.69, 9.17) is 4.74 Å². The largest absolute Gasteiger partial charge is 0.484 e. The van der Waals surface area contributed by atoms with Gasteiger partial charge in [-0.2, -0.15) is 0 Å². The molecule has 0 unspecified atom stereocenters. The van der Waals surface area contributed by atoms with E-state index in [1.54, 1.807) is 17.0 Å². The van der Waals surface area contributed by atoms with Crippen molar-refractivity contribution in [2.24, 2.45) is 0 Å². The van der Waals surface area contributed by atoms with Crippen LogP contribution in [0.5, 0.6) is 5.75 Å². The molecule has 0 bridgehead atoms. The predicted molar refractivity (Wildman–Crippen MR) is 114 cm³/mol. The number of nitrogens with zero attached hydrogens (tertiary/aromatic N) is 1. The zero-order chi connectivity index (χ0) is 20.2. The molecule has 0 radical (unpaired) electrons. The summed E-state index contributed by atoms with van der Waals surface area (Å²) in [6.45, 7) is 2.66. The van der Waals surface area contributed by atoms with Gasteiger partial charge in [-0.25, -0.2) is 0 Å². The van der Waals surface area contributed by atoms with Gasteiger partial charge in [-0.1, -0.05) is 36.4 Å². The first-order valence-electron chi connectivity index (χ1n) is 9.91. The number of carbonyl (C=O) groups is 2. The number of hydrogen-bond acceptors (Lipinski definition) is 3. The standard InChI is InChI=1S/C24H24N2O3/c1-17(19-9-8-18-5-2-3-6-20(18)15-19)25-23(27)16-29-22-12-10-21(11-13-22)26-14-4-7-24(26)28/h2-3,5-6,8-13,15,17H,4,7,14,16H2,1H3,(H,25,27)/t17-/m1/s1. The molecule has 2 amide bonds. The Labute approximate surface area is 170 Å². The van der Waals surface area contributed by atoms with Crippen molar-refractivity contribution in [1.82, 2.24) is 5.32 Å². The first-order chi connectivity index (χ1) is 14.1. The average Bonchev–Trinajstić information content (AvgIpc) is 3.18. The van der Waals surface area contributed by atoms with Crippen LogP contribution in [0.25, 0.3) is 10.8 Å². The van der Waals surface area contributed by atoms with Crippen LogP contribution < -0.4 is 15.0 Å². The number of rotatable bonds is 6. The van der Waals surface area contributed by atoms with E-state index in [0.717, 1.165) is 29.6 Å². The number of hydrogen-bond donors (Lipinski definition) is 1. The Morgan fingerprint density at radius 3 is 2.55 bits per heavy atom. The molecule has 3 aromatic carbocycles. The molecule has 0 aromatic heterocycles. The van der Waals surface area contributed by atoms with Crippen LogP contribution >= 0.6 is 0 Å². The van der Waals surface area contributed by atoms with Crippen molar-refractivity contribution >= 4 is 28.3 Å². The normalized spacial score (nSPS) is 14.8. The van der Waals surface area contributed by atoms with Gasteiger partial charge in [0.25, 0.3) is 5.91 Å². The predicted octanol–water partition coefficient (Wildman–Crippen LogP) is 4.22. The van der Waals surface area contributed by atoms with E-state index < -0.39 is 0 Å². The Bertz CT molecular complexity index is 1030. The van der Waals surface area contributed by atoms with Crippen molar-refractivity contribution in [3.05, 3.63) is 72.3 Å². The minimum Gasteiger partial charge on any atom is -0.484 e. The number of carbonyl (C=O) groups excluding carboxylic acids is 2. The highest BCUT2D eigenvalue weighted by Crippen LogP contribution is 2.24. The van der Waals surface area contributed by atoms with Gasteiger partial charge in [0.15, 0.2) is 6.61 Å². The molecule has 1 saturated heterocycles. The zero-order valence-electron chi connectivity index (χ0n) is 16.4. The third kappa shape index (κ3) is 4.40. The lowest BCUT2D eigenvalue weighted by molar-refractivity contribution is -0.123. The third-order valence-corrected chi connectivity index (χ3v) is 5.24. The molecular formula is C24H24N2O3. The molecule has 5 nitrogen and oxygen atoms in total. The van der Waals surface area contributed by atoms with Crippen molar-refractivity contribution in [3.8, 4) is 5.75 Å². The molecule has 3 aromatic rings. The minimum atomic E-state index is -0.176. The van der Waals surface area contributed by atoms with E-state index in [1.807, 2.05) is 37.3 Å². The number of amides is 2. The molecule has 1 atom stereocenters. The van der Waals surface area contributed by atoms with Gasteiger partial charge in [0.1, 0.15) is 5.75 Å². The first kappa shape index (κ1) is 19.0. The van der Waals surface area contributed by atoms with Crippen LogP contribution in [-0.4, -0.2) is 25.0 Å². The summed E-state index contributed by atoms with van der Waals surface area (Å²) < 4.78 is 5.60. The summed E-state index contributed by atoms with van der Waals surface area (Å²) in [6, 6.07) is 21.5. The summed E-state index contributed by atoms with van der Waals surface area (Å²) in [5.74, 6) is 0.582. The number of ether oxygens (including phenoxy) is 1. The summed E-state index contributed by atoms with van der Waals surface area (Å²) in [6.07, 6.45) is 1.50. The smallest absolute Gasteiger partial charge is 0.258 e. The first-order valence-corrected chi connectivity index (χ1v) is 9.91. The number of anilines is 1. The van der Waals surface area contributed by atoms with Crippen LogP contribution in [0.2, 0.25) is 0 Å². The van der Waals surface area contributed by atoms with Crippen molar-refractivity contribution in [2.45, 2.75) is 25.8 Å². The van der Waals surface area contributed by atoms with E-state index >= 15 is 0 Å². The van der Waals surface area contributed by atoms with Crippen LogP contribution in [0.15, 0.2) is 66.7 Å². The maximum atomic E-state index is 12.3. The Hall–Kier alpha value is -3.34. The van der Waals surface area contributed by atoms with E-state index in [2.05, 4.69) is 29.6 Å². The SMILES string of the molecule is C[C@@H](NC(=O)COc1ccc(N2CCCC2=O)cc1)c1ccc2ccccc2c1. The van der Waals surface area contributed by atoms with Crippen LogP contribution in [-0.2, 0) is 9.59 Å².